The Morgan fingerprint density at radius 2 is 2.07 bits per heavy atom. The van der Waals surface area contributed by atoms with Gasteiger partial charge >= 0.3 is 0 Å². The van der Waals surface area contributed by atoms with Crippen LogP contribution in [0.2, 0.25) is 0 Å². The Bertz CT molecular complexity index is 835. The molecule has 0 radical (unpaired) electrons. The molecule has 2 aromatic rings. The van der Waals surface area contributed by atoms with E-state index in [4.69, 9.17) is 9.15 Å². The number of amides is 2. The minimum Gasteiger partial charge on any atom is -0.459 e. The zero-order chi connectivity index (χ0) is 20.1. The number of ether oxygens (including phenoxy) is 1. The number of carbonyl (C=O) groups is 2. The van der Waals surface area contributed by atoms with Crippen LogP contribution in [0.25, 0.3) is 0 Å². The highest BCUT2D eigenvalue weighted by Crippen LogP contribution is 2.21. The fraction of sp³-hybridized carbons (Fsp3) is 0.500. The second-order valence-electron chi connectivity index (χ2n) is 7.31. The van der Waals surface area contributed by atoms with E-state index in [1.54, 1.807) is 23.2 Å². The molecule has 4 heterocycles. The number of nitrogens with one attached hydrogen (secondary N) is 1. The zero-order valence-corrected chi connectivity index (χ0v) is 16.2. The highest BCUT2D eigenvalue weighted by molar-refractivity contribution is 5.92. The molecule has 0 aromatic carbocycles. The molecule has 4 rings (SSSR count). The third-order valence-corrected chi connectivity index (χ3v) is 5.28. The average molecular weight is 399 g/mol. The Balaban J connectivity index is 1.36. The summed E-state index contributed by atoms with van der Waals surface area (Å²) in [4.78, 5) is 37.5. The largest absolute Gasteiger partial charge is 0.459 e. The maximum atomic E-state index is 12.7. The molecule has 154 valence electrons. The Morgan fingerprint density at radius 3 is 2.86 bits per heavy atom. The number of morpholine rings is 1. The highest BCUT2D eigenvalue weighted by Gasteiger charge is 2.24. The van der Waals surface area contributed by atoms with E-state index in [0.29, 0.717) is 56.0 Å². The minimum atomic E-state index is -0.204. The van der Waals surface area contributed by atoms with Gasteiger partial charge in [0.25, 0.3) is 11.8 Å². The quantitative estimate of drug-likeness (QED) is 0.806. The molecule has 0 aliphatic carbocycles. The van der Waals surface area contributed by atoms with E-state index in [1.165, 1.54) is 12.5 Å². The number of hydrogen-bond donors (Lipinski definition) is 1. The van der Waals surface area contributed by atoms with Gasteiger partial charge in [-0.05, 0) is 30.9 Å². The van der Waals surface area contributed by atoms with Gasteiger partial charge in [0.05, 0.1) is 31.9 Å². The molecule has 2 saturated heterocycles. The predicted molar refractivity (Wildman–Crippen MR) is 105 cm³/mol. The molecule has 2 aliphatic heterocycles. The van der Waals surface area contributed by atoms with Gasteiger partial charge in [0, 0.05) is 32.7 Å². The molecular weight excluding hydrogens is 374 g/mol. The summed E-state index contributed by atoms with van der Waals surface area (Å²) < 4.78 is 10.4. The van der Waals surface area contributed by atoms with Gasteiger partial charge in [-0.2, -0.15) is 0 Å². The molecule has 0 bridgehead atoms. The fourth-order valence-corrected chi connectivity index (χ4v) is 3.71. The Morgan fingerprint density at radius 1 is 1.21 bits per heavy atom. The van der Waals surface area contributed by atoms with Crippen LogP contribution in [-0.2, 0) is 4.74 Å². The lowest BCUT2D eigenvalue weighted by atomic mass is 9.98. The van der Waals surface area contributed by atoms with E-state index >= 15 is 0 Å². The lowest BCUT2D eigenvalue weighted by molar-refractivity contribution is 0.0298. The van der Waals surface area contributed by atoms with Crippen molar-refractivity contribution in [3.05, 3.63) is 42.2 Å². The molecule has 29 heavy (non-hydrogen) atoms. The van der Waals surface area contributed by atoms with Crippen molar-refractivity contribution in [3.63, 3.8) is 0 Å². The summed E-state index contributed by atoms with van der Waals surface area (Å²) in [5.74, 6) is 0.999. The maximum absolute atomic E-state index is 12.7. The number of carbonyl (C=O) groups excluding carboxylic acids is 2. The first kappa shape index (κ1) is 19.4. The Labute approximate surface area is 169 Å². The standard InChI is InChI=1S/C20H25N5O4/c26-19(17-4-2-8-29-17)22-11-15-3-1-5-25(14-15)18-13-21-12-16(23-18)20(27)24-6-9-28-10-7-24/h2,4,8,12-13,15H,1,3,5-7,9-11,14H2,(H,22,26). The van der Waals surface area contributed by atoms with Crippen LogP contribution in [0.15, 0.2) is 35.2 Å². The SMILES string of the molecule is O=C(NCC1CCCN(c2cncc(C(=O)N3CCOCC3)n2)C1)c1ccco1. The van der Waals surface area contributed by atoms with E-state index in [-0.39, 0.29) is 11.8 Å². The number of piperidine rings is 1. The maximum Gasteiger partial charge on any atom is 0.286 e. The van der Waals surface area contributed by atoms with Crippen molar-refractivity contribution < 1.29 is 18.7 Å². The summed E-state index contributed by atoms with van der Waals surface area (Å²) in [6, 6.07) is 3.34. The number of hydrogen-bond acceptors (Lipinski definition) is 7. The van der Waals surface area contributed by atoms with Gasteiger partial charge in [-0.1, -0.05) is 0 Å². The van der Waals surface area contributed by atoms with E-state index < -0.39 is 0 Å². The van der Waals surface area contributed by atoms with Crippen molar-refractivity contribution in [2.24, 2.45) is 5.92 Å². The van der Waals surface area contributed by atoms with E-state index in [9.17, 15) is 9.59 Å². The normalized spacial score (nSPS) is 19.8. The molecule has 2 aliphatic rings. The van der Waals surface area contributed by atoms with Crippen molar-refractivity contribution >= 4 is 17.6 Å². The first-order valence-corrected chi connectivity index (χ1v) is 9.96. The Kier molecular flexibility index (Phi) is 6.04. The third kappa shape index (κ3) is 4.73. The second kappa shape index (κ2) is 9.04. The summed E-state index contributed by atoms with van der Waals surface area (Å²) in [6.45, 7) is 4.43. The smallest absolute Gasteiger partial charge is 0.286 e. The Hall–Kier alpha value is -2.94. The van der Waals surface area contributed by atoms with Crippen LogP contribution in [0.4, 0.5) is 5.82 Å². The molecule has 1 unspecified atom stereocenters. The molecule has 0 saturated carbocycles. The first-order chi connectivity index (χ1) is 14.2. The lowest BCUT2D eigenvalue weighted by Gasteiger charge is -2.33. The molecule has 0 spiro atoms. The van der Waals surface area contributed by atoms with Crippen molar-refractivity contribution in [1.29, 1.82) is 0 Å². The minimum absolute atomic E-state index is 0.109. The molecule has 2 aromatic heterocycles. The number of rotatable bonds is 5. The van der Waals surface area contributed by atoms with Crippen LogP contribution < -0.4 is 10.2 Å². The summed E-state index contributed by atoms with van der Waals surface area (Å²) in [6.07, 6.45) is 6.71. The fourth-order valence-electron chi connectivity index (χ4n) is 3.71. The van der Waals surface area contributed by atoms with Crippen LogP contribution in [0.5, 0.6) is 0 Å². The zero-order valence-electron chi connectivity index (χ0n) is 16.2. The van der Waals surface area contributed by atoms with Gasteiger partial charge in [0.1, 0.15) is 11.5 Å². The topological polar surface area (TPSA) is 101 Å². The monoisotopic (exact) mass is 399 g/mol. The van der Waals surface area contributed by atoms with Gasteiger partial charge in [0.2, 0.25) is 0 Å². The van der Waals surface area contributed by atoms with Crippen molar-refractivity contribution in [2.45, 2.75) is 12.8 Å². The summed E-state index contributed by atoms with van der Waals surface area (Å²) in [5, 5.41) is 2.93. The third-order valence-electron chi connectivity index (χ3n) is 5.28. The van der Waals surface area contributed by atoms with E-state index in [2.05, 4.69) is 20.2 Å². The van der Waals surface area contributed by atoms with Crippen LogP contribution in [0.3, 0.4) is 0 Å². The van der Waals surface area contributed by atoms with Gasteiger partial charge < -0.3 is 24.3 Å². The van der Waals surface area contributed by atoms with Crippen LogP contribution in [-0.4, -0.2) is 72.6 Å². The molecule has 2 fully saturated rings. The number of aromatic nitrogens is 2. The van der Waals surface area contributed by atoms with Gasteiger partial charge in [0.15, 0.2) is 5.76 Å². The van der Waals surface area contributed by atoms with E-state index in [1.807, 2.05) is 0 Å². The van der Waals surface area contributed by atoms with Gasteiger partial charge in [-0.3, -0.25) is 14.6 Å². The summed E-state index contributed by atoms with van der Waals surface area (Å²) >= 11 is 0. The van der Waals surface area contributed by atoms with Gasteiger partial charge in [-0.25, -0.2) is 4.98 Å². The number of nitrogens with zero attached hydrogens (tertiary/aromatic N) is 4. The lowest BCUT2D eigenvalue weighted by Crippen LogP contribution is -2.42. The molecule has 2 amide bonds. The molecule has 9 nitrogen and oxygen atoms in total. The van der Waals surface area contributed by atoms with Crippen molar-refractivity contribution in [3.8, 4) is 0 Å². The average Bonchev–Trinajstić information content (AvgIpc) is 3.33. The van der Waals surface area contributed by atoms with Crippen LogP contribution >= 0.6 is 0 Å². The second-order valence-corrected chi connectivity index (χ2v) is 7.31. The molecule has 1 atom stereocenters. The van der Waals surface area contributed by atoms with Crippen molar-refractivity contribution in [1.82, 2.24) is 20.2 Å². The number of furan rings is 1. The first-order valence-electron chi connectivity index (χ1n) is 9.96. The predicted octanol–water partition coefficient (Wildman–Crippen LogP) is 1.19. The van der Waals surface area contributed by atoms with Gasteiger partial charge in [-0.15, -0.1) is 0 Å². The van der Waals surface area contributed by atoms with E-state index in [0.717, 1.165) is 25.9 Å². The van der Waals surface area contributed by atoms with Crippen LogP contribution in [0, 0.1) is 5.92 Å². The summed E-state index contributed by atoms with van der Waals surface area (Å²) in [5.41, 5.74) is 0.359. The highest BCUT2D eigenvalue weighted by atomic mass is 16.5. The van der Waals surface area contributed by atoms with Crippen molar-refractivity contribution in [2.75, 3.05) is 50.8 Å². The summed E-state index contributed by atoms with van der Waals surface area (Å²) in [7, 11) is 0. The molecule has 9 heteroatoms. The molecule has 1 N–H and O–H groups in total. The van der Waals surface area contributed by atoms with Crippen LogP contribution in [0.1, 0.15) is 33.9 Å². The molecular formula is C20H25N5O4. The number of anilines is 1.